The summed E-state index contributed by atoms with van der Waals surface area (Å²) in [5.74, 6) is 0. The van der Waals surface area contributed by atoms with E-state index in [2.05, 4.69) is 249 Å². The maximum atomic E-state index is 6.56. The van der Waals surface area contributed by atoms with Gasteiger partial charge in [-0.05, 0) is 109 Å². The molecule has 0 aliphatic heterocycles. The minimum absolute atomic E-state index is 0.180. The van der Waals surface area contributed by atoms with E-state index in [-0.39, 0.29) is 5.41 Å². The van der Waals surface area contributed by atoms with Crippen LogP contribution >= 0.6 is 0 Å². The molecule has 66 heavy (non-hydrogen) atoms. The Morgan fingerprint density at radius 2 is 0.894 bits per heavy atom. The van der Waals surface area contributed by atoms with Crippen molar-refractivity contribution < 1.29 is 4.42 Å². The van der Waals surface area contributed by atoms with Crippen LogP contribution in [0.15, 0.2) is 241 Å². The fourth-order valence-corrected chi connectivity index (χ4v) is 11.5. The summed E-state index contributed by atoms with van der Waals surface area (Å²) in [5, 5.41) is 2.26. The second-order valence-electron chi connectivity index (χ2n) is 18.4. The summed E-state index contributed by atoms with van der Waals surface area (Å²) in [4.78, 5) is 2.51. The van der Waals surface area contributed by atoms with Gasteiger partial charge in [0.05, 0.1) is 11.1 Å². The van der Waals surface area contributed by atoms with Crippen molar-refractivity contribution in [1.82, 2.24) is 0 Å². The minimum Gasteiger partial charge on any atom is -0.455 e. The molecule has 0 unspecified atom stereocenters. The van der Waals surface area contributed by atoms with Crippen LogP contribution in [0.1, 0.15) is 47.2 Å². The zero-order valence-electron chi connectivity index (χ0n) is 36.9. The number of para-hydroxylation sites is 2. The molecule has 0 atom stereocenters. The van der Waals surface area contributed by atoms with Gasteiger partial charge in [0.1, 0.15) is 11.2 Å². The molecule has 0 bridgehead atoms. The van der Waals surface area contributed by atoms with E-state index in [1.165, 1.54) is 61.2 Å². The highest BCUT2D eigenvalue weighted by Gasteiger charge is 2.47. The molecular weight excluding hydrogens is 799 g/mol. The topological polar surface area (TPSA) is 16.4 Å². The van der Waals surface area contributed by atoms with Crippen molar-refractivity contribution in [2.24, 2.45) is 0 Å². The Bertz CT molecular complexity index is 3620. The Kier molecular flexibility index (Phi) is 8.51. The van der Waals surface area contributed by atoms with E-state index in [1.54, 1.807) is 0 Å². The molecule has 0 N–H and O–H groups in total. The maximum Gasteiger partial charge on any atom is 0.143 e. The summed E-state index contributed by atoms with van der Waals surface area (Å²) in [6.45, 7) is 4.74. The lowest BCUT2D eigenvalue weighted by Gasteiger charge is -2.35. The summed E-state index contributed by atoms with van der Waals surface area (Å²) < 4.78 is 6.56. The largest absolute Gasteiger partial charge is 0.455 e. The number of nitrogens with zero attached hydrogens (tertiary/aromatic N) is 1. The summed E-state index contributed by atoms with van der Waals surface area (Å²) in [6.07, 6.45) is 0. The van der Waals surface area contributed by atoms with E-state index in [0.717, 1.165) is 55.7 Å². The number of furan rings is 1. The average Bonchev–Trinajstić information content (AvgIpc) is 3.98. The third-order valence-electron chi connectivity index (χ3n) is 14.6. The second-order valence-corrected chi connectivity index (χ2v) is 18.4. The summed E-state index contributed by atoms with van der Waals surface area (Å²) in [7, 11) is 0. The summed E-state index contributed by atoms with van der Waals surface area (Å²) in [6, 6.07) is 87.2. The highest BCUT2D eigenvalue weighted by molar-refractivity contribution is 6.09. The van der Waals surface area contributed by atoms with E-state index in [4.69, 9.17) is 4.42 Å². The molecule has 312 valence electrons. The molecule has 2 aliphatic carbocycles. The fraction of sp³-hybridized carbons (Fsp3) is 0.0625. The first-order valence-electron chi connectivity index (χ1n) is 23.0. The fourth-order valence-electron chi connectivity index (χ4n) is 11.5. The third-order valence-corrected chi connectivity index (χ3v) is 14.6. The van der Waals surface area contributed by atoms with Crippen LogP contribution in [0, 0.1) is 0 Å². The smallest absolute Gasteiger partial charge is 0.143 e. The summed E-state index contributed by atoms with van der Waals surface area (Å²) in [5.41, 5.74) is 21.7. The van der Waals surface area contributed by atoms with E-state index in [0.29, 0.717) is 0 Å². The molecule has 0 saturated carbocycles. The summed E-state index contributed by atoms with van der Waals surface area (Å²) >= 11 is 0. The van der Waals surface area contributed by atoms with Gasteiger partial charge in [-0.15, -0.1) is 0 Å². The van der Waals surface area contributed by atoms with Crippen LogP contribution in [0.25, 0.3) is 66.4 Å². The van der Waals surface area contributed by atoms with Gasteiger partial charge in [0, 0.05) is 38.7 Å². The van der Waals surface area contributed by atoms with Crippen molar-refractivity contribution in [2.75, 3.05) is 4.90 Å². The Balaban J connectivity index is 1.09. The van der Waals surface area contributed by atoms with Crippen LogP contribution in [0.3, 0.4) is 0 Å². The molecule has 2 aliphatic rings. The molecule has 1 aromatic heterocycles. The molecule has 10 aromatic carbocycles. The number of benzene rings is 10. The van der Waals surface area contributed by atoms with Crippen molar-refractivity contribution in [3.05, 3.63) is 270 Å². The Hall–Kier alpha value is -8.20. The first-order chi connectivity index (χ1) is 32.5. The zero-order chi connectivity index (χ0) is 44.0. The highest BCUT2D eigenvalue weighted by Crippen LogP contribution is 2.59. The predicted molar refractivity (Wildman–Crippen MR) is 274 cm³/mol. The average molecular weight is 844 g/mol. The lowest BCUT2D eigenvalue weighted by Crippen LogP contribution is -2.28. The monoisotopic (exact) mass is 843 g/mol. The molecular formula is C64H45NO. The van der Waals surface area contributed by atoms with E-state index >= 15 is 0 Å². The number of hydrogen-bond donors (Lipinski definition) is 0. The molecule has 13 rings (SSSR count). The lowest BCUT2D eigenvalue weighted by atomic mass is 9.67. The normalized spacial score (nSPS) is 13.8. The highest BCUT2D eigenvalue weighted by atomic mass is 16.3. The van der Waals surface area contributed by atoms with Crippen molar-refractivity contribution in [3.63, 3.8) is 0 Å². The Morgan fingerprint density at radius 3 is 1.62 bits per heavy atom. The Morgan fingerprint density at radius 1 is 0.348 bits per heavy atom. The van der Waals surface area contributed by atoms with Crippen molar-refractivity contribution in [3.8, 4) is 44.5 Å². The number of rotatable bonds is 7. The lowest BCUT2D eigenvalue weighted by molar-refractivity contribution is 0.660. The Labute approximate surface area is 385 Å². The predicted octanol–water partition coefficient (Wildman–Crippen LogP) is 17.1. The molecule has 2 heteroatoms. The second kappa shape index (κ2) is 14.7. The van der Waals surface area contributed by atoms with Crippen molar-refractivity contribution >= 4 is 39.0 Å². The van der Waals surface area contributed by atoms with Gasteiger partial charge in [0.25, 0.3) is 0 Å². The van der Waals surface area contributed by atoms with Crippen LogP contribution in [0.5, 0.6) is 0 Å². The van der Waals surface area contributed by atoms with Crippen LogP contribution in [-0.2, 0) is 10.8 Å². The van der Waals surface area contributed by atoms with Crippen LogP contribution in [0.2, 0.25) is 0 Å². The molecule has 0 saturated heterocycles. The SMILES string of the molecule is CC1(C)c2ccccc2-c2ccc(N(c3ccc(-c4cccc5c4oc4ccccc45)cc3)c3cc4c(cc3-c3ccccc3)-c3ccccc3C4(c3ccccc3)c3ccccc3)cc21. The first kappa shape index (κ1) is 38.3. The van der Waals surface area contributed by atoms with Crippen molar-refractivity contribution in [1.29, 1.82) is 0 Å². The molecule has 0 radical (unpaired) electrons. The maximum absolute atomic E-state index is 6.56. The molecule has 11 aromatic rings. The molecule has 0 amide bonds. The van der Waals surface area contributed by atoms with Crippen molar-refractivity contribution in [2.45, 2.75) is 24.7 Å². The number of hydrogen-bond acceptors (Lipinski definition) is 2. The number of anilines is 3. The van der Waals surface area contributed by atoms with Gasteiger partial charge < -0.3 is 9.32 Å². The molecule has 1 heterocycles. The van der Waals surface area contributed by atoms with E-state index < -0.39 is 5.41 Å². The van der Waals surface area contributed by atoms with Crippen LogP contribution < -0.4 is 4.90 Å². The van der Waals surface area contributed by atoms with E-state index in [9.17, 15) is 0 Å². The van der Waals surface area contributed by atoms with E-state index in [1.807, 2.05) is 6.07 Å². The molecule has 0 fully saturated rings. The van der Waals surface area contributed by atoms with Gasteiger partial charge in [-0.1, -0.05) is 208 Å². The minimum atomic E-state index is -0.569. The van der Waals surface area contributed by atoms with Crippen LogP contribution in [-0.4, -0.2) is 0 Å². The first-order valence-corrected chi connectivity index (χ1v) is 23.0. The van der Waals surface area contributed by atoms with Gasteiger partial charge in [-0.3, -0.25) is 0 Å². The van der Waals surface area contributed by atoms with Gasteiger partial charge in [0.2, 0.25) is 0 Å². The standard InChI is InChI=1S/C64H45NO/c1-63(2)56-30-15-12-25-49(56)51-38-37-47(39-58(51)63)65(46-35-33-43(34-36-46)48-28-18-29-53-52-27-14-17-32-61(52)66-62(48)53)60-41-59-55(40-54(60)42-19-6-3-7-20-42)50-26-13-16-31-57(50)64(59,44-21-8-4-9-22-44)45-23-10-5-11-24-45/h3-41H,1-2H3. The third kappa shape index (κ3) is 5.55. The quantitative estimate of drug-likeness (QED) is 0.159. The number of fused-ring (bicyclic) bond motifs is 9. The van der Waals surface area contributed by atoms with Gasteiger partial charge >= 0.3 is 0 Å². The molecule has 0 spiro atoms. The zero-order valence-corrected chi connectivity index (χ0v) is 36.9. The van der Waals surface area contributed by atoms with Gasteiger partial charge in [0.15, 0.2) is 0 Å². The van der Waals surface area contributed by atoms with Gasteiger partial charge in [-0.25, -0.2) is 0 Å². The van der Waals surface area contributed by atoms with Gasteiger partial charge in [-0.2, -0.15) is 0 Å². The van der Waals surface area contributed by atoms with Crippen LogP contribution in [0.4, 0.5) is 17.1 Å². The molecule has 2 nitrogen and oxygen atoms in total.